The summed E-state index contributed by atoms with van der Waals surface area (Å²) >= 11 is 0. The highest BCUT2D eigenvalue weighted by molar-refractivity contribution is 5.48. The molecule has 0 fully saturated rings. The number of aryl methyl sites for hydroxylation is 1. The number of unbranched alkanes of at least 4 members (excludes halogenated alkanes) is 1. The molecule has 3 aromatic rings. The second-order valence-electron chi connectivity index (χ2n) is 6.69. The summed E-state index contributed by atoms with van der Waals surface area (Å²) in [6, 6.07) is 25.1. The Morgan fingerprint density at radius 2 is 1.16 bits per heavy atom. The first-order valence-electron chi connectivity index (χ1n) is 9.17. The van der Waals surface area contributed by atoms with Crippen LogP contribution >= 0.6 is 0 Å². The van der Waals surface area contributed by atoms with Crippen molar-refractivity contribution in [2.45, 2.75) is 39.0 Å². The van der Waals surface area contributed by atoms with Gasteiger partial charge in [0.1, 0.15) is 5.75 Å². The quantitative estimate of drug-likeness (QED) is 0.570. The maximum Gasteiger partial charge on any atom is 0.122 e. The molecule has 3 rings (SSSR count). The van der Waals surface area contributed by atoms with Gasteiger partial charge in [-0.3, -0.25) is 0 Å². The van der Waals surface area contributed by atoms with Crippen molar-refractivity contribution in [2.24, 2.45) is 0 Å². The van der Waals surface area contributed by atoms with Gasteiger partial charge in [-0.1, -0.05) is 86.1 Å². The van der Waals surface area contributed by atoms with E-state index in [1.807, 2.05) is 12.1 Å². The molecule has 0 unspecified atom stereocenters. The van der Waals surface area contributed by atoms with Crippen molar-refractivity contribution in [2.75, 3.05) is 0 Å². The van der Waals surface area contributed by atoms with Crippen LogP contribution in [0.3, 0.4) is 0 Å². The molecule has 1 heteroatoms. The lowest BCUT2D eigenvalue weighted by Gasteiger charge is -2.14. The van der Waals surface area contributed by atoms with Gasteiger partial charge < -0.3 is 5.11 Å². The van der Waals surface area contributed by atoms with Crippen LogP contribution < -0.4 is 0 Å². The summed E-state index contributed by atoms with van der Waals surface area (Å²) < 4.78 is 0. The van der Waals surface area contributed by atoms with Crippen molar-refractivity contribution in [3.63, 3.8) is 0 Å². The van der Waals surface area contributed by atoms with Crippen molar-refractivity contribution in [3.05, 3.63) is 101 Å². The zero-order chi connectivity index (χ0) is 17.5. The molecule has 0 aliphatic heterocycles. The Labute approximate surface area is 151 Å². The molecule has 0 saturated heterocycles. The molecule has 1 nitrogen and oxygen atoms in total. The highest BCUT2D eigenvalue weighted by Gasteiger charge is 2.11. The van der Waals surface area contributed by atoms with Crippen molar-refractivity contribution in [1.82, 2.24) is 0 Å². The van der Waals surface area contributed by atoms with E-state index in [-0.39, 0.29) is 0 Å². The van der Waals surface area contributed by atoms with Gasteiger partial charge in [0.2, 0.25) is 0 Å². The molecule has 0 aromatic heterocycles. The third-order valence-corrected chi connectivity index (χ3v) is 4.62. The van der Waals surface area contributed by atoms with Crippen molar-refractivity contribution >= 4 is 0 Å². The normalized spacial score (nSPS) is 10.8. The molecule has 3 aromatic carbocycles. The number of phenolic OH excluding ortho intramolecular Hbond substituents is 1. The van der Waals surface area contributed by atoms with Crippen LogP contribution in [-0.2, 0) is 19.3 Å². The van der Waals surface area contributed by atoms with Crippen LogP contribution in [0.2, 0.25) is 0 Å². The molecule has 0 radical (unpaired) electrons. The van der Waals surface area contributed by atoms with E-state index < -0.39 is 0 Å². The number of phenols is 1. The standard InChI is InChI=1S/C24H26O/c1-2-3-10-21-17-22(15-19-11-6-4-7-12-19)24(25)23(18-21)16-20-13-8-5-9-14-20/h4-9,11-14,17-18,25H,2-3,10,15-16H2,1H3. The van der Waals surface area contributed by atoms with E-state index in [0.717, 1.165) is 30.4 Å². The number of hydrogen-bond donors (Lipinski definition) is 1. The first-order chi connectivity index (χ1) is 12.3. The topological polar surface area (TPSA) is 20.2 Å². The van der Waals surface area contributed by atoms with Gasteiger partial charge in [0.15, 0.2) is 0 Å². The molecule has 25 heavy (non-hydrogen) atoms. The highest BCUT2D eigenvalue weighted by atomic mass is 16.3. The first-order valence-corrected chi connectivity index (χ1v) is 9.17. The van der Waals surface area contributed by atoms with E-state index in [2.05, 4.69) is 67.6 Å². The van der Waals surface area contributed by atoms with Crippen LogP contribution in [0.15, 0.2) is 72.8 Å². The molecular weight excluding hydrogens is 304 g/mol. The van der Waals surface area contributed by atoms with Crippen LogP contribution in [-0.4, -0.2) is 5.11 Å². The van der Waals surface area contributed by atoms with E-state index in [0.29, 0.717) is 5.75 Å². The fourth-order valence-corrected chi connectivity index (χ4v) is 3.26. The van der Waals surface area contributed by atoms with Gasteiger partial charge in [0.25, 0.3) is 0 Å². The first kappa shape index (κ1) is 17.3. The molecule has 0 aliphatic carbocycles. The molecule has 0 amide bonds. The van der Waals surface area contributed by atoms with Gasteiger partial charge in [-0.25, -0.2) is 0 Å². The minimum absolute atomic E-state index is 0.452. The summed E-state index contributed by atoms with van der Waals surface area (Å²) in [4.78, 5) is 0. The average Bonchev–Trinajstić information content (AvgIpc) is 2.65. The minimum atomic E-state index is 0.452. The van der Waals surface area contributed by atoms with Crippen LogP contribution in [0.25, 0.3) is 0 Å². The summed E-state index contributed by atoms with van der Waals surface area (Å²) in [7, 11) is 0. The Morgan fingerprint density at radius 3 is 1.60 bits per heavy atom. The Balaban J connectivity index is 1.93. The van der Waals surface area contributed by atoms with Crippen molar-refractivity contribution in [1.29, 1.82) is 0 Å². The molecule has 0 bridgehead atoms. The Hall–Kier alpha value is -2.54. The predicted molar refractivity (Wildman–Crippen MR) is 105 cm³/mol. The molecule has 0 spiro atoms. The van der Waals surface area contributed by atoms with Gasteiger partial charge in [0, 0.05) is 12.8 Å². The second-order valence-corrected chi connectivity index (χ2v) is 6.69. The van der Waals surface area contributed by atoms with Gasteiger partial charge in [-0.05, 0) is 40.7 Å². The fourth-order valence-electron chi connectivity index (χ4n) is 3.26. The zero-order valence-corrected chi connectivity index (χ0v) is 14.9. The average molecular weight is 330 g/mol. The van der Waals surface area contributed by atoms with Crippen LogP contribution in [0, 0.1) is 0 Å². The summed E-state index contributed by atoms with van der Waals surface area (Å²) in [5.41, 5.74) is 5.86. The second kappa shape index (κ2) is 8.53. The SMILES string of the molecule is CCCCc1cc(Cc2ccccc2)c(O)c(Cc2ccccc2)c1. The maximum atomic E-state index is 10.9. The number of benzene rings is 3. The van der Waals surface area contributed by atoms with Gasteiger partial charge in [-0.2, -0.15) is 0 Å². The van der Waals surface area contributed by atoms with E-state index in [4.69, 9.17) is 0 Å². The van der Waals surface area contributed by atoms with Crippen LogP contribution in [0.5, 0.6) is 5.75 Å². The Morgan fingerprint density at radius 1 is 0.680 bits per heavy atom. The van der Waals surface area contributed by atoms with Gasteiger partial charge in [0.05, 0.1) is 0 Å². The lowest BCUT2D eigenvalue weighted by molar-refractivity contribution is 0.463. The number of rotatable bonds is 7. The summed E-state index contributed by atoms with van der Waals surface area (Å²) in [6.45, 7) is 2.22. The molecular formula is C24H26O. The van der Waals surface area contributed by atoms with E-state index in [9.17, 15) is 5.11 Å². The lowest BCUT2D eigenvalue weighted by atomic mass is 9.93. The van der Waals surface area contributed by atoms with E-state index >= 15 is 0 Å². The van der Waals surface area contributed by atoms with Crippen LogP contribution in [0.4, 0.5) is 0 Å². The minimum Gasteiger partial charge on any atom is -0.507 e. The van der Waals surface area contributed by atoms with E-state index in [1.54, 1.807) is 0 Å². The molecule has 1 N–H and O–H groups in total. The molecule has 0 heterocycles. The molecule has 0 atom stereocenters. The number of aromatic hydroxyl groups is 1. The lowest BCUT2D eigenvalue weighted by Crippen LogP contribution is -1.98. The Kier molecular flexibility index (Phi) is 5.90. The summed E-state index contributed by atoms with van der Waals surface area (Å²) in [5.74, 6) is 0.452. The molecule has 0 saturated carbocycles. The fraction of sp³-hybridized carbons (Fsp3) is 0.250. The monoisotopic (exact) mass is 330 g/mol. The summed E-state index contributed by atoms with van der Waals surface area (Å²) in [5, 5.41) is 10.9. The predicted octanol–water partition coefficient (Wildman–Crippen LogP) is 5.92. The third kappa shape index (κ3) is 4.73. The smallest absolute Gasteiger partial charge is 0.122 e. The largest absolute Gasteiger partial charge is 0.507 e. The number of hydrogen-bond acceptors (Lipinski definition) is 1. The Bertz CT molecular complexity index is 728. The summed E-state index contributed by atoms with van der Waals surface area (Å²) in [6.07, 6.45) is 4.98. The van der Waals surface area contributed by atoms with Crippen molar-refractivity contribution in [3.8, 4) is 5.75 Å². The van der Waals surface area contributed by atoms with Crippen molar-refractivity contribution < 1.29 is 5.11 Å². The van der Waals surface area contributed by atoms with E-state index in [1.165, 1.54) is 29.5 Å². The third-order valence-electron chi connectivity index (χ3n) is 4.62. The molecule has 128 valence electrons. The van der Waals surface area contributed by atoms with Crippen LogP contribution in [0.1, 0.15) is 47.6 Å². The molecule has 0 aliphatic rings. The zero-order valence-electron chi connectivity index (χ0n) is 14.9. The highest BCUT2D eigenvalue weighted by Crippen LogP contribution is 2.29. The van der Waals surface area contributed by atoms with Gasteiger partial charge in [-0.15, -0.1) is 0 Å². The van der Waals surface area contributed by atoms with Gasteiger partial charge >= 0.3 is 0 Å². The maximum absolute atomic E-state index is 10.9.